The molecule has 0 fully saturated rings. The standard InChI is InChI=1S/C25H26N/c1-16(2)19-10-11-23-22(14-19)13-18(4)26(5)25(23)24-15-21-9-7-6-8-20(21)12-17(24)3/h6-16H,1-5H3/q+1/i13D. The molecular weight excluding hydrogens is 314 g/mol. The van der Waals surface area contributed by atoms with Crippen molar-refractivity contribution in [3.63, 3.8) is 0 Å². The van der Waals surface area contributed by atoms with E-state index >= 15 is 0 Å². The van der Waals surface area contributed by atoms with Crippen LogP contribution in [0.4, 0.5) is 0 Å². The first-order valence-electron chi connectivity index (χ1n) is 9.81. The Labute approximate surface area is 157 Å². The van der Waals surface area contributed by atoms with Crippen molar-refractivity contribution in [3.8, 4) is 11.3 Å². The number of pyridine rings is 1. The second kappa shape index (κ2) is 6.25. The highest BCUT2D eigenvalue weighted by molar-refractivity contribution is 5.97. The number of nitrogens with zero attached hydrogens (tertiary/aromatic N) is 1. The lowest BCUT2D eigenvalue weighted by molar-refractivity contribution is -0.665. The zero-order chi connectivity index (χ0) is 19.3. The molecule has 0 saturated carbocycles. The molecule has 1 heteroatoms. The first-order valence-corrected chi connectivity index (χ1v) is 9.31. The third-order valence-electron chi connectivity index (χ3n) is 5.47. The smallest absolute Gasteiger partial charge is 0.198 e. The summed E-state index contributed by atoms with van der Waals surface area (Å²) >= 11 is 0. The van der Waals surface area contributed by atoms with Gasteiger partial charge in [0.05, 0.1) is 12.3 Å². The summed E-state index contributed by atoms with van der Waals surface area (Å²) in [7, 11) is 2.08. The van der Waals surface area contributed by atoms with Crippen LogP contribution in [0.1, 0.15) is 38.0 Å². The van der Waals surface area contributed by atoms with Crippen LogP contribution in [0.5, 0.6) is 0 Å². The number of benzene rings is 3. The molecule has 1 heterocycles. The van der Waals surface area contributed by atoms with Gasteiger partial charge < -0.3 is 0 Å². The molecule has 3 aromatic carbocycles. The van der Waals surface area contributed by atoms with Crippen LogP contribution in [0.25, 0.3) is 32.8 Å². The van der Waals surface area contributed by atoms with Crippen LogP contribution in [-0.4, -0.2) is 0 Å². The van der Waals surface area contributed by atoms with Gasteiger partial charge in [0.2, 0.25) is 5.69 Å². The Morgan fingerprint density at radius 3 is 2.27 bits per heavy atom. The zero-order valence-electron chi connectivity index (χ0n) is 17.2. The lowest BCUT2D eigenvalue weighted by atomic mass is 9.93. The van der Waals surface area contributed by atoms with Crippen molar-refractivity contribution in [2.45, 2.75) is 33.6 Å². The van der Waals surface area contributed by atoms with Crippen LogP contribution in [0.2, 0.25) is 0 Å². The van der Waals surface area contributed by atoms with Gasteiger partial charge in [-0.2, -0.15) is 4.57 Å². The van der Waals surface area contributed by atoms with Crippen LogP contribution in [0.3, 0.4) is 0 Å². The molecule has 26 heavy (non-hydrogen) atoms. The van der Waals surface area contributed by atoms with Gasteiger partial charge in [0.15, 0.2) is 5.69 Å². The fourth-order valence-corrected chi connectivity index (χ4v) is 3.79. The maximum absolute atomic E-state index is 8.69. The molecule has 0 aliphatic heterocycles. The van der Waals surface area contributed by atoms with E-state index in [0.29, 0.717) is 12.0 Å². The van der Waals surface area contributed by atoms with E-state index in [-0.39, 0.29) is 0 Å². The Hall–Kier alpha value is -2.67. The number of aryl methyl sites for hydroxylation is 1. The molecule has 1 nitrogen and oxygen atoms in total. The summed E-state index contributed by atoms with van der Waals surface area (Å²) < 4.78 is 10.9. The number of hydrogen-bond acceptors (Lipinski definition) is 0. The number of fused-ring (bicyclic) bond motifs is 2. The zero-order valence-corrected chi connectivity index (χ0v) is 16.2. The van der Waals surface area contributed by atoms with Crippen LogP contribution in [0.15, 0.2) is 60.6 Å². The van der Waals surface area contributed by atoms with Gasteiger partial charge in [0.25, 0.3) is 0 Å². The molecule has 0 amide bonds. The maximum Gasteiger partial charge on any atom is 0.220 e. The number of aromatic nitrogens is 1. The summed E-state index contributed by atoms with van der Waals surface area (Å²) in [5.41, 5.74) is 5.96. The van der Waals surface area contributed by atoms with Crippen LogP contribution in [-0.2, 0) is 7.05 Å². The number of rotatable bonds is 2. The highest BCUT2D eigenvalue weighted by Gasteiger charge is 2.20. The Balaban J connectivity index is 2.12. The largest absolute Gasteiger partial charge is 0.220 e. The van der Waals surface area contributed by atoms with E-state index in [9.17, 15) is 0 Å². The lowest BCUT2D eigenvalue weighted by Crippen LogP contribution is -2.35. The quantitative estimate of drug-likeness (QED) is 0.381. The second-order valence-electron chi connectivity index (χ2n) is 7.59. The minimum atomic E-state index is 0.453. The van der Waals surface area contributed by atoms with Crippen molar-refractivity contribution >= 4 is 21.5 Å². The highest BCUT2D eigenvalue weighted by atomic mass is 14.9. The molecule has 0 atom stereocenters. The van der Waals surface area contributed by atoms with Gasteiger partial charge in [-0.3, -0.25) is 0 Å². The SMILES string of the molecule is [2H]c1c(C)[n+](C)c(-c2cc3ccccc3cc2C)c2ccc(C(C)C)cc12. The van der Waals surface area contributed by atoms with E-state index < -0.39 is 0 Å². The molecule has 0 spiro atoms. The van der Waals surface area contributed by atoms with E-state index in [1.807, 2.05) is 6.92 Å². The average molecular weight is 341 g/mol. The lowest BCUT2D eigenvalue weighted by Gasteiger charge is -2.13. The second-order valence-corrected chi connectivity index (χ2v) is 7.59. The van der Waals surface area contributed by atoms with E-state index in [2.05, 4.69) is 87.0 Å². The van der Waals surface area contributed by atoms with E-state index in [4.69, 9.17) is 1.37 Å². The molecule has 1 aromatic heterocycles. The van der Waals surface area contributed by atoms with Crippen molar-refractivity contribution in [3.05, 3.63) is 77.5 Å². The summed E-state index contributed by atoms with van der Waals surface area (Å²) in [6, 6.07) is 20.3. The average Bonchev–Trinajstić information content (AvgIpc) is 2.66. The van der Waals surface area contributed by atoms with E-state index in [1.54, 1.807) is 0 Å². The minimum Gasteiger partial charge on any atom is -0.198 e. The fraction of sp³-hybridized carbons (Fsp3) is 0.240. The van der Waals surface area contributed by atoms with Crippen molar-refractivity contribution < 1.29 is 5.94 Å². The summed E-state index contributed by atoms with van der Waals surface area (Å²) in [6.07, 6.45) is 0. The molecule has 0 aliphatic rings. The molecule has 4 aromatic rings. The molecule has 0 aliphatic carbocycles. The predicted octanol–water partition coefficient (Wildman–Crippen LogP) is 6.22. The van der Waals surface area contributed by atoms with E-state index in [0.717, 1.165) is 16.5 Å². The van der Waals surface area contributed by atoms with Gasteiger partial charge in [0.1, 0.15) is 7.05 Å². The minimum absolute atomic E-state index is 0.453. The molecule has 0 bridgehead atoms. The van der Waals surface area contributed by atoms with Gasteiger partial charge in [-0.1, -0.05) is 56.3 Å². The van der Waals surface area contributed by atoms with E-state index in [1.165, 1.54) is 33.2 Å². The highest BCUT2D eigenvalue weighted by Crippen LogP contribution is 2.33. The molecule has 0 unspecified atom stereocenters. The first-order chi connectivity index (χ1) is 12.9. The molecule has 0 saturated heterocycles. The number of hydrogen-bond donors (Lipinski definition) is 0. The monoisotopic (exact) mass is 341 g/mol. The molecule has 130 valence electrons. The maximum atomic E-state index is 8.69. The third kappa shape index (κ3) is 2.68. The molecule has 0 radical (unpaired) electrons. The van der Waals surface area contributed by atoms with Gasteiger partial charge in [-0.15, -0.1) is 0 Å². The summed E-state index contributed by atoms with van der Waals surface area (Å²) in [5, 5.41) is 4.70. The summed E-state index contributed by atoms with van der Waals surface area (Å²) in [4.78, 5) is 0. The van der Waals surface area contributed by atoms with Crippen molar-refractivity contribution in [2.75, 3.05) is 0 Å². The Morgan fingerprint density at radius 1 is 0.885 bits per heavy atom. The van der Waals surface area contributed by atoms with Crippen molar-refractivity contribution in [1.82, 2.24) is 0 Å². The van der Waals surface area contributed by atoms with Crippen molar-refractivity contribution in [1.29, 1.82) is 0 Å². The summed E-state index contributed by atoms with van der Waals surface area (Å²) in [5.74, 6) is 0.453. The first kappa shape index (κ1) is 15.6. The van der Waals surface area contributed by atoms with Crippen LogP contribution >= 0.6 is 0 Å². The van der Waals surface area contributed by atoms with Gasteiger partial charge in [0, 0.05) is 13.0 Å². The fourth-order valence-electron chi connectivity index (χ4n) is 3.79. The molecule has 0 N–H and O–H groups in total. The predicted molar refractivity (Wildman–Crippen MR) is 112 cm³/mol. The molecular formula is C25H26N+. The van der Waals surface area contributed by atoms with Gasteiger partial charge in [-0.25, -0.2) is 0 Å². The molecule has 4 rings (SSSR count). The topological polar surface area (TPSA) is 3.88 Å². The van der Waals surface area contributed by atoms with Gasteiger partial charge >= 0.3 is 0 Å². The van der Waals surface area contributed by atoms with Crippen molar-refractivity contribution in [2.24, 2.45) is 7.05 Å². The normalized spacial score (nSPS) is 12.2. The Kier molecular flexibility index (Phi) is 3.74. The van der Waals surface area contributed by atoms with Crippen LogP contribution < -0.4 is 4.57 Å². The Bertz CT molecular complexity index is 1190. The van der Waals surface area contributed by atoms with Gasteiger partial charge in [-0.05, 0) is 52.3 Å². The third-order valence-corrected chi connectivity index (χ3v) is 5.47. The van der Waals surface area contributed by atoms with Crippen LogP contribution in [0, 0.1) is 13.8 Å². The Morgan fingerprint density at radius 2 is 1.58 bits per heavy atom. The summed E-state index contributed by atoms with van der Waals surface area (Å²) in [6.45, 7) is 8.63.